The molecule has 146 valence electrons. The van der Waals surface area contributed by atoms with Gasteiger partial charge in [0, 0.05) is 18.1 Å². The van der Waals surface area contributed by atoms with E-state index in [0.29, 0.717) is 5.76 Å². The van der Waals surface area contributed by atoms with Crippen LogP contribution in [0, 0.1) is 0 Å². The number of nitrogens with one attached hydrogen (secondary N) is 1. The van der Waals surface area contributed by atoms with Crippen molar-refractivity contribution in [3.05, 3.63) is 103 Å². The van der Waals surface area contributed by atoms with Crippen LogP contribution < -0.4 is 10.1 Å². The summed E-state index contributed by atoms with van der Waals surface area (Å²) in [6, 6.07) is 20.7. The number of ether oxygens (including phenoxy) is 1. The molecule has 0 spiro atoms. The van der Waals surface area contributed by atoms with E-state index >= 15 is 0 Å². The number of imidazole rings is 1. The van der Waals surface area contributed by atoms with Crippen LogP contribution in [0.1, 0.15) is 34.8 Å². The molecule has 2 heterocycles. The fourth-order valence-electron chi connectivity index (χ4n) is 2.95. The van der Waals surface area contributed by atoms with Crippen molar-refractivity contribution in [2.75, 3.05) is 0 Å². The fraction of sp³-hybridized carbons (Fsp3) is 0.130. The second kappa shape index (κ2) is 8.48. The Balaban J connectivity index is 1.34. The summed E-state index contributed by atoms with van der Waals surface area (Å²) in [5.74, 6) is 1.35. The predicted molar refractivity (Wildman–Crippen MR) is 109 cm³/mol. The average Bonchev–Trinajstić information content (AvgIpc) is 3.45. The van der Waals surface area contributed by atoms with E-state index in [-0.39, 0.29) is 24.3 Å². The van der Waals surface area contributed by atoms with Crippen LogP contribution in [0.15, 0.2) is 89.9 Å². The van der Waals surface area contributed by atoms with Gasteiger partial charge in [-0.2, -0.15) is 0 Å². The molecule has 0 bridgehead atoms. The minimum Gasteiger partial charge on any atom is -0.486 e. The number of hydrogen-bond donors (Lipinski definition) is 1. The number of benzene rings is 2. The monoisotopic (exact) mass is 387 g/mol. The van der Waals surface area contributed by atoms with Crippen molar-refractivity contribution < 1.29 is 13.9 Å². The molecular formula is C23H21N3O3. The van der Waals surface area contributed by atoms with Gasteiger partial charge in [-0.05, 0) is 48.9 Å². The second-order valence-electron chi connectivity index (χ2n) is 6.62. The largest absolute Gasteiger partial charge is 0.486 e. The van der Waals surface area contributed by atoms with Gasteiger partial charge in [-0.1, -0.05) is 30.3 Å². The molecule has 0 radical (unpaired) electrons. The first-order chi connectivity index (χ1) is 14.2. The molecule has 0 fully saturated rings. The number of carbonyl (C=O) groups is 1. The Morgan fingerprint density at radius 3 is 2.62 bits per heavy atom. The molecule has 2 aromatic carbocycles. The van der Waals surface area contributed by atoms with E-state index in [0.717, 1.165) is 17.0 Å². The maximum atomic E-state index is 12.5. The van der Waals surface area contributed by atoms with Gasteiger partial charge in [-0.3, -0.25) is 4.79 Å². The number of amides is 1. The number of furan rings is 1. The van der Waals surface area contributed by atoms with E-state index < -0.39 is 0 Å². The summed E-state index contributed by atoms with van der Waals surface area (Å²) in [4.78, 5) is 16.6. The molecule has 0 aliphatic rings. The van der Waals surface area contributed by atoms with Gasteiger partial charge in [-0.15, -0.1) is 0 Å². The number of hydrogen-bond acceptors (Lipinski definition) is 4. The van der Waals surface area contributed by atoms with E-state index in [1.54, 1.807) is 24.7 Å². The Hall–Kier alpha value is -3.80. The third kappa shape index (κ3) is 4.55. The molecule has 4 aromatic rings. The summed E-state index contributed by atoms with van der Waals surface area (Å²) in [5.41, 5.74) is 2.01. The van der Waals surface area contributed by atoms with E-state index in [9.17, 15) is 4.79 Å². The lowest BCUT2D eigenvalue weighted by atomic mass is 10.1. The van der Waals surface area contributed by atoms with Crippen LogP contribution in [0.4, 0.5) is 0 Å². The maximum Gasteiger partial charge on any atom is 0.287 e. The van der Waals surface area contributed by atoms with Crippen LogP contribution in [-0.4, -0.2) is 15.5 Å². The van der Waals surface area contributed by atoms with Crippen molar-refractivity contribution in [2.45, 2.75) is 19.6 Å². The molecule has 0 aliphatic carbocycles. The van der Waals surface area contributed by atoms with Crippen LogP contribution in [-0.2, 0) is 6.61 Å². The van der Waals surface area contributed by atoms with Crippen molar-refractivity contribution in [1.82, 2.24) is 14.9 Å². The topological polar surface area (TPSA) is 69.3 Å². The highest BCUT2D eigenvalue weighted by atomic mass is 16.5. The van der Waals surface area contributed by atoms with Gasteiger partial charge in [0.05, 0.1) is 12.4 Å². The molecule has 0 aliphatic heterocycles. The molecule has 0 saturated carbocycles. The molecule has 6 nitrogen and oxygen atoms in total. The minimum atomic E-state index is -0.262. The van der Waals surface area contributed by atoms with E-state index in [1.807, 2.05) is 72.3 Å². The highest BCUT2D eigenvalue weighted by molar-refractivity contribution is 5.91. The van der Waals surface area contributed by atoms with Gasteiger partial charge in [0.2, 0.25) is 0 Å². The molecule has 0 saturated heterocycles. The molecule has 4 rings (SSSR count). The summed E-state index contributed by atoms with van der Waals surface area (Å²) in [7, 11) is 0. The van der Waals surface area contributed by atoms with Crippen molar-refractivity contribution in [1.29, 1.82) is 0 Å². The van der Waals surface area contributed by atoms with Gasteiger partial charge in [0.15, 0.2) is 5.76 Å². The Morgan fingerprint density at radius 2 is 1.90 bits per heavy atom. The van der Waals surface area contributed by atoms with Crippen LogP contribution >= 0.6 is 0 Å². The zero-order chi connectivity index (χ0) is 20.1. The number of rotatable bonds is 7. The van der Waals surface area contributed by atoms with Gasteiger partial charge < -0.3 is 19.0 Å². The van der Waals surface area contributed by atoms with Crippen LogP contribution in [0.25, 0.3) is 5.69 Å². The first kappa shape index (κ1) is 18.6. The molecule has 1 unspecified atom stereocenters. The SMILES string of the molecule is CC(NC(=O)c1ccc(COc2ccccc2)o1)c1ccc(-n2ccnc2)cc1. The lowest BCUT2D eigenvalue weighted by Gasteiger charge is -2.14. The highest BCUT2D eigenvalue weighted by Crippen LogP contribution is 2.18. The van der Waals surface area contributed by atoms with Crippen LogP contribution in [0.3, 0.4) is 0 Å². The third-order valence-corrected chi connectivity index (χ3v) is 4.55. The number of carbonyl (C=O) groups excluding carboxylic acids is 1. The Morgan fingerprint density at radius 1 is 1.10 bits per heavy atom. The van der Waals surface area contributed by atoms with E-state index in [4.69, 9.17) is 9.15 Å². The molecule has 1 amide bonds. The van der Waals surface area contributed by atoms with Crippen molar-refractivity contribution in [3.63, 3.8) is 0 Å². The fourth-order valence-corrected chi connectivity index (χ4v) is 2.95. The van der Waals surface area contributed by atoms with E-state index in [2.05, 4.69) is 10.3 Å². The predicted octanol–water partition coefficient (Wildman–Crippen LogP) is 4.54. The lowest BCUT2D eigenvalue weighted by Crippen LogP contribution is -2.26. The Bertz CT molecular complexity index is 1050. The summed E-state index contributed by atoms with van der Waals surface area (Å²) in [6.45, 7) is 2.20. The lowest BCUT2D eigenvalue weighted by molar-refractivity contribution is 0.0907. The van der Waals surface area contributed by atoms with Gasteiger partial charge >= 0.3 is 0 Å². The van der Waals surface area contributed by atoms with E-state index in [1.165, 1.54) is 0 Å². The highest BCUT2D eigenvalue weighted by Gasteiger charge is 2.15. The number of aromatic nitrogens is 2. The summed E-state index contributed by atoms with van der Waals surface area (Å²) in [6.07, 6.45) is 5.37. The quantitative estimate of drug-likeness (QED) is 0.506. The smallest absolute Gasteiger partial charge is 0.287 e. The standard InChI is InChI=1S/C23H21N3O3/c1-17(18-7-9-19(10-8-18)26-14-13-24-16-26)25-23(27)22-12-11-21(29-22)15-28-20-5-3-2-4-6-20/h2-14,16-17H,15H2,1H3,(H,25,27). The first-order valence-electron chi connectivity index (χ1n) is 9.35. The van der Waals surface area contributed by atoms with Gasteiger partial charge in [0.25, 0.3) is 5.91 Å². The zero-order valence-corrected chi connectivity index (χ0v) is 16.0. The molecule has 1 atom stereocenters. The van der Waals surface area contributed by atoms with Crippen LogP contribution in [0.5, 0.6) is 5.75 Å². The van der Waals surface area contributed by atoms with Crippen molar-refractivity contribution in [3.8, 4) is 11.4 Å². The molecule has 6 heteroatoms. The normalized spacial score (nSPS) is 11.8. The first-order valence-corrected chi connectivity index (χ1v) is 9.35. The molecular weight excluding hydrogens is 366 g/mol. The van der Waals surface area contributed by atoms with Crippen molar-refractivity contribution >= 4 is 5.91 Å². The zero-order valence-electron chi connectivity index (χ0n) is 16.0. The third-order valence-electron chi connectivity index (χ3n) is 4.55. The molecule has 29 heavy (non-hydrogen) atoms. The summed E-state index contributed by atoms with van der Waals surface area (Å²) >= 11 is 0. The number of nitrogens with zero attached hydrogens (tertiary/aromatic N) is 2. The Kier molecular flexibility index (Phi) is 5.42. The number of para-hydroxylation sites is 1. The second-order valence-corrected chi connectivity index (χ2v) is 6.62. The minimum absolute atomic E-state index is 0.159. The molecule has 2 aromatic heterocycles. The van der Waals surface area contributed by atoms with Crippen LogP contribution in [0.2, 0.25) is 0 Å². The van der Waals surface area contributed by atoms with Crippen molar-refractivity contribution in [2.24, 2.45) is 0 Å². The maximum absolute atomic E-state index is 12.5. The molecule has 1 N–H and O–H groups in total. The Labute approximate surface area is 168 Å². The summed E-state index contributed by atoms with van der Waals surface area (Å²) < 4.78 is 13.2. The average molecular weight is 387 g/mol. The summed E-state index contributed by atoms with van der Waals surface area (Å²) in [5, 5.41) is 2.96. The van der Waals surface area contributed by atoms with Gasteiger partial charge in [-0.25, -0.2) is 4.98 Å². The van der Waals surface area contributed by atoms with Gasteiger partial charge in [0.1, 0.15) is 18.1 Å².